The van der Waals surface area contributed by atoms with Gasteiger partial charge in [-0.1, -0.05) is 23.8 Å². The number of hydrogen-bond acceptors (Lipinski definition) is 1. The van der Waals surface area contributed by atoms with Crippen molar-refractivity contribution in [2.24, 2.45) is 0 Å². The first-order chi connectivity index (χ1) is 6.29. The highest BCUT2D eigenvalue weighted by Crippen LogP contribution is 2.32. The van der Waals surface area contributed by atoms with Crippen molar-refractivity contribution < 1.29 is 4.42 Å². The molecule has 1 heterocycles. The van der Waals surface area contributed by atoms with Gasteiger partial charge in [-0.05, 0) is 26.3 Å². The first-order valence-corrected chi connectivity index (χ1v) is 4.66. The van der Waals surface area contributed by atoms with E-state index in [-0.39, 0.29) is 0 Å². The van der Waals surface area contributed by atoms with Gasteiger partial charge in [-0.15, -0.1) is 0 Å². The topological polar surface area (TPSA) is 13.1 Å². The molecule has 1 aliphatic carbocycles. The van der Waals surface area contributed by atoms with Crippen molar-refractivity contribution in [1.29, 1.82) is 0 Å². The molecule has 1 heteroatoms. The lowest BCUT2D eigenvalue weighted by Gasteiger charge is -2.17. The van der Waals surface area contributed by atoms with E-state index in [9.17, 15) is 0 Å². The van der Waals surface area contributed by atoms with E-state index in [2.05, 4.69) is 31.2 Å². The number of aryl methyl sites for hydroxylation is 1. The number of allylic oxidation sites excluding steroid dienone is 4. The summed E-state index contributed by atoms with van der Waals surface area (Å²) in [6.45, 7) is 4.21. The molecular formula is C12H14O. The molecular weight excluding hydrogens is 160 g/mol. The van der Waals surface area contributed by atoms with Gasteiger partial charge in [0.1, 0.15) is 5.76 Å². The van der Waals surface area contributed by atoms with Crippen LogP contribution in [0.3, 0.4) is 0 Å². The minimum Gasteiger partial charge on any atom is -0.469 e. The maximum atomic E-state index is 5.31. The molecule has 0 spiro atoms. The van der Waals surface area contributed by atoms with Crippen LogP contribution in [0.15, 0.2) is 40.5 Å². The molecule has 1 aromatic heterocycles. The summed E-state index contributed by atoms with van der Waals surface area (Å²) in [6.07, 6.45) is 9.39. The Balaban J connectivity index is 2.33. The largest absolute Gasteiger partial charge is 0.469 e. The lowest BCUT2D eigenvalue weighted by Crippen LogP contribution is -2.01. The Bertz CT molecular complexity index is 355. The summed E-state index contributed by atoms with van der Waals surface area (Å²) in [4.78, 5) is 0. The lowest BCUT2D eigenvalue weighted by molar-refractivity contribution is 0.526. The van der Waals surface area contributed by atoms with E-state index in [4.69, 9.17) is 4.42 Å². The molecule has 0 saturated heterocycles. The third kappa shape index (κ3) is 1.46. The number of furan rings is 1. The Morgan fingerprint density at radius 1 is 1.38 bits per heavy atom. The van der Waals surface area contributed by atoms with E-state index in [0.717, 1.165) is 12.2 Å². The molecule has 0 radical (unpaired) electrons. The highest BCUT2D eigenvalue weighted by atomic mass is 16.3. The van der Waals surface area contributed by atoms with Gasteiger partial charge in [-0.2, -0.15) is 0 Å². The van der Waals surface area contributed by atoms with E-state index in [0.29, 0.717) is 5.92 Å². The van der Waals surface area contributed by atoms with Crippen LogP contribution in [0.1, 0.15) is 30.6 Å². The summed E-state index contributed by atoms with van der Waals surface area (Å²) in [5.74, 6) is 1.58. The average Bonchev–Trinajstić information content (AvgIpc) is 2.52. The monoisotopic (exact) mass is 174 g/mol. The van der Waals surface area contributed by atoms with E-state index >= 15 is 0 Å². The zero-order valence-electron chi connectivity index (χ0n) is 8.08. The minimum atomic E-state index is 0.531. The van der Waals surface area contributed by atoms with Crippen LogP contribution in [0.5, 0.6) is 0 Å². The normalized spacial score (nSPS) is 21.7. The number of rotatable bonds is 1. The maximum Gasteiger partial charge on any atom is 0.104 e. The van der Waals surface area contributed by atoms with Crippen molar-refractivity contribution in [2.75, 3.05) is 0 Å². The second-order valence-corrected chi connectivity index (χ2v) is 3.56. The third-order valence-corrected chi connectivity index (χ3v) is 2.69. The summed E-state index contributed by atoms with van der Waals surface area (Å²) in [5.41, 5.74) is 2.75. The lowest BCUT2D eigenvalue weighted by atomic mass is 9.86. The average molecular weight is 174 g/mol. The van der Waals surface area contributed by atoms with Gasteiger partial charge in [0.25, 0.3) is 0 Å². The Kier molecular flexibility index (Phi) is 2.09. The van der Waals surface area contributed by atoms with Crippen LogP contribution in [0, 0.1) is 6.92 Å². The number of hydrogen-bond donors (Lipinski definition) is 0. The van der Waals surface area contributed by atoms with Gasteiger partial charge in [-0.25, -0.2) is 0 Å². The second-order valence-electron chi connectivity index (χ2n) is 3.56. The second kappa shape index (κ2) is 3.25. The molecule has 0 saturated carbocycles. The van der Waals surface area contributed by atoms with Gasteiger partial charge in [0, 0.05) is 11.5 Å². The first-order valence-electron chi connectivity index (χ1n) is 4.66. The van der Waals surface area contributed by atoms with Gasteiger partial charge in [0.15, 0.2) is 0 Å². The van der Waals surface area contributed by atoms with Crippen molar-refractivity contribution in [3.8, 4) is 0 Å². The molecule has 0 bridgehead atoms. The van der Waals surface area contributed by atoms with Crippen LogP contribution < -0.4 is 0 Å². The summed E-state index contributed by atoms with van der Waals surface area (Å²) in [6, 6.07) is 2.08. The molecule has 1 nitrogen and oxygen atoms in total. The van der Waals surface area contributed by atoms with Crippen LogP contribution in [0.4, 0.5) is 0 Å². The van der Waals surface area contributed by atoms with Crippen molar-refractivity contribution >= 4 is 0 Å². The zero-order chi connectivity index (χ0) is 9.26. The summed E-state index contributed by atoms with van der Waals surface area (Å²) in [5, 5.41) is 0. The summed E-state index contributed by atoms with van der Waals surface area (Å²) in [7, 11) is 0. The fourth-order valence-electron chi connectivity index (χ4n) is 1.87. The molecule has 1 aliphatic rings. The van der Waals surface area contributed by atoms with Crippen molar-refractivity contribution in [3.63, 3.8) is 0 Å². The third-order valence-electron chi connectivity index (χ3n) is 2.69. The van der Waals surface area contributed by atoms with Crippen LogP contribution in [0.25, 0.3) is 0 Å². The van der Waals surface area contributed by atoms with Crippen LogP contribution >= 0.6 is 0 Å². The predicted octanol–water partition coefficient (Wildman–Crippen LogP) is 3.58. The smallest absolute Gasteiger partial charge is 0.104 e. The molecule has 1 atom stereocenters. The SMILES string of the molecule is CC1=CC=CCC1c1ccoc1C. The quantitative estimate of drug-likeness (QED) is 0.634. The maximum absolute atomic E-state index is 5.31. The Hall–Kier alpha value is -1.24. The zero-order valence-corrected chi connectivity index (χ0v) is 8.08. The molecule has 1 unspecified atom stereocenters. The Morgan fingerprint density at radius 2 is 2.23 bits per heavy atom. The molecule has 13 heavy (non-hydrogen) atoms. The van der Waals surface area contributed by atoms with E-state index in [1.54, 1.807) is 6.26 Å². The Labute approximate surface area is 78.8 Å². The standard InChI is InChI=1S/C12H14O/c1-9-5-3-4-6-11(9)12-7-8-13-10(12)2/h3-5,7-8,11H,6H2,1-2H3. The van der Waals surface area contributed by atoms with E-state index < -0.39 is 0 Å². The summed E-state index contributed by atoms with van der Waals surface area (Å²) < 4.78 is 5.31. The van der Waals surface area contributed by atoms with Gasteiger partial charge in [0.2, 0.25) is 0 Å². The molecule has 1 aromatic rings. The van der Waals surface area contributed by atoms with Crippen molar-refractivity contribution in [3.05, 3.63) is 47.5 Å². The van der Waals surface area contributed by atoms with Gasteiger partial charge in [-0.3, -0.25) is 0 Å². The van der Waals surface area contributed by atoms with E-state index in [1.807, 2.05) is 6.92 Å². The minimum absolute atomic E-state index is 0.531. The highest BCUT2D eigenvalue weighted by molar-refractivity contribution is 5.34. The molecule has 2 rings (SSSR count). The van der Waals surface area contributed by atoms with Crippen LogP contribution in [-0.4, -0.2) is 0 Å². The molecule has 0 N–H and O–H groups in total. The Morgan fingerprint density at radius 3 is 2.85 bits per heavy atom. The molecule has 0 aromatic carbocycles. The fourth-order valence-corrected chi connectivity index (χ4v) is 1.87. The molecule has 0 aliphatic heterocycles. The van der Waals surface area contributed by atoms with Gasteiger partial charge >= 0.3 is 0 Å². The van der Waals surface area contributed by atoms with Crippen LogP contribution in [-0.2, 0) is 0 Å². The summed E-state index contributed by atoms with van der Waals surface area (Å²) >= 11 is 0. The first kappa shape index (κ1) is 8.36. The van der Waals surface area contributed by atoms with Gasteiger partial charge in [0.05, 0.1) is 6.26 Å². The predicted molar refractivity (Wildman–Crippen MR) is 53.7 cm³/mol. The molecule has 0 fully saturated rings. The van der Waals surface area contributed by atoms with Crippen LogP contribution in [0.2, 0.25) is 0 Å². The van der Waals surface area contributed by atoms with Crippen molar-refractivity contribution in [1.82, 2.24) is 0 Å². The molecule has 0 amide bonds. The van der Waals surface area contributed by atoms with Crippen molar-refractivity contribution in [2.45, 2.75) is 26.2 Å². The fraction of sp³-hybridized carbons (Fsp3) is 0.333. The molecule has 68 valence electrons. The van der Waals surface area contributed by atoms with Gasteiger partial charge < -0.3 is 4.42 Å². The highest BCUT2D eigenvalue weighted by Gasteiger charge is 2.17. The van der Waals surface area contributed by atoms with E-state index in [1.165, 1.54) is 11.1 Å².